The predicted octanol–water partition coefficient (Wildman–Crippen LogP) is 4.76. The third-order valence-electron chi connectivity index (χ3n) is 7.03. The van der Waals surface area contributed by atoms with Crippen molar-refractivity contribution in [2.45, 2.75) is 83.4 Å². The van der Waals surface area contributed by atoms with Crippen LogP contribution >= 0.6 is 0 Å². The van der Waals surface area contributed by atoms with E-state index in [1.807, 2.05) is 6.92 Å². The number of allylic oxidation sites excluding steroid dienone is 1. The summed E-state index contributed by atoms with van der Waals surface area (Å²) in [5.74, 6) is -1.72. The number of halogens is 2. The minimum absolute atomic E-state index is 0.0281. The van der Waals surface area contributed by atoms with E-state index in [9.17, 15) is 18.7 Å². The Hall–Kier alpha value is -2.81. The van der Waals surface area contributed by atoms with Crippen molar-refractivity contribution in [3.63, 3.8) is 0 Å². The van der Waals surface area contributed by atoms with Crippen molar-refractivity contribution in [3.8, 4) is 0 Å². The van der Waals surface area contributed by atoms with Gasteiger partial charge in [0.05, 0.1) is 18.8 Å². The summed E-state index contributed by atoms with van der Waals surface area (Å²) in [4.78, 5) is 17.3. The first-order valence-corrected chi connectivity index (χ1v) is 13.2. The van der Waals surface area contributed by atoms with E-state index in [4.69, 9.17) is 4.84 Å². The number of aliphatic hydroxyl groups is 1. The number of hydrogen-bond acceptors (Lipinski definition) is 5. The number of hydrogen-bond donors (Lipinski definition) is 4. The van der Waals surface area contributed by atoms with Crippen molar-refractivity contribution < 1.29 is 23.5 Å². The molecular formula is C30H41F2N3O3. The second kappa shape index (κ2) is 12.8. The van der Waals surface area contributed by atoms with Crippen LogP contribution in [0, 0.1) is 11.6 Å². The summed E-state index contributed by atoms with van der Waals surface area (Å²) in [6.07, 6.45) is 3.39. The van der Waals surface area contributed by atoms with Gasteiger partial charge in [-0.1, -0.05) is 51.1 Å². The molecule has 6 nitrogen and oxygen atoms in total. The fourth-order valence-corrected chi connectivity index (χ4v) is 4.88. The van der Waals surface area contributed by atoms with Crippen molar-refractivity contribution in [1.82, 2.24) is 16.1 Å². The van der Waals surface area contributed by atoms with E-state index in [0.717, 1.165) is 30.2 Å². The number of nitrogens with one attached hydrogen (secondary N) is 3. The van der Waals surface area contributed by atoms with Gasteiger partial charge in [-0.15, -0.1) is 0 Å². The predicted molar refractivity (Wildman–Crippen MR) is 145 cm³/mol. The second-order valence-electron chi connectivity index (χ2n) is 11.1. The summed E-state index contributed by atoms with van der Waals surface area (Å²) < 4.78 is 27.6. The van der Waals surface area contributed by atoms with E-state index in [1.54, 1.807) is 0 Å². The third kappa shape index (κ3) is 8.09. The van der Waals surface area contributed by atoms with E-state index >= 15 is 0 Å². The van der Waals surface area contributed by atoms with Crippen LogP contribution in [0.5, 0.6) is 0 Å². The number of amides is 1. The highest BCUT2D eigenvalue weighted by Gasteiger charge is 2.36. The van der Waals surface area contributed by atoms with E-state index in [-0.39, 0.29) is 24.3 Å². The Bertz CT molecular complexity index is 1110. The Morgan fingerprint density at radius 3 is 2.45 bits per heavy atom. The molecule has 0 fully saturated rings. The maximum Gasteiger partial charge on any atom is 0.217 e. The van der Waals surface area contributed by atoms with Gasteiger partial charge in [0.25, 0.3) is 0 Å². The average Bonchev–Trinajstić information content (AvgIpc) is 2.85. The van der Waals surface area contributed by atoms with E-state index < -0.39 is 29.3 Å². The molecule has 3 rings (SSSR count). The Kier molecular flexibility index (Phi) is 10.0. The summed E-state index contributed by atoms with van der Waals surface area (Å²) in [5, 5.41) is 17.5. The largest absolute Gasteiger partial charge is 0.390 e. The molecule has 8 heteroatoms. The highest BCUT2D eigenvalue weighted by atomic mass is 19.1. The summed E-state index contributed by atoms with van der Waals surface area (Å²) >= 11 is 0. The fraction of sp³-hybridized carbons (Fsp3) is 0.500. The Morgan fingerprint density at radius 1 is 1.16 bits per heavy atom. The lowest BCUT2D eigenvalue weighted by atomic mass is 9.76. The molecule has 208 valence electrons. The highest BCUT2D eigenvalue weighted by Crippen LogP contribution is 2.38. The van der Waals surface area contributed by atoms with Crippen LogP contribution in [0.15, 0.2) is 54.2 Å². The molecule has 0 bridgehead atoms. The van der Waals surface area contributed by atoms with Crippen molar-refractivity contribution in [1.29, 1.82) is 0 Å². The minimum Gasteiger partial charge on any atom is -0.390 e. The third-order valence-corrected chi connectivity index (χ3v) is 7.03. The topological polar surface area (TPSA) is 82.6 Å². The molecule has 2 aromatic carbocycles. The lowest BCUT2D eigenvalue weighted by molar-refractivity contribution is -0.120. The first-order chi connectivity index (χ1) is 17.9. The molecule has 2 aromatic rings. The number of benzene rings is 2. The molecule has 0 saturated carbocycles. The number of hydroxylamine groups is 1. The van der Waals surface area contributed by atoms with E-state index in [1.165, 1.54) is 24.6 Å². The smallest absolute Gasteiger partial charge is 0.217 e. The monoisotopic (exact) mass is 529 g/mol. The molecule has 0 aliphatic heterocycles. The Balaban J connectivity index is 1.85. The molecule has 0 saturated heterocycles. The van der Waals surface area contributed by atoms with E-state index in [2.05, 4.69) is 67.2 Å². The number of aliphatic hydroxyl groups excluding tert-OH is 1. The number of rotatable bonds is 11. The van der Waals surface area contributed by atoms with Crippen LogP contribution < -0.4 is 16.1 Å². The molecule has 1 amide bonds. The molecule has 3 unspecified atom stereocenters. The molecule has 3 atom stereocenters. The second-order valence-corrected chi connectivity index (χ2v) is 11.1. The van der Waals surface area contributed by atoms with Gasteiger partial charge in [-0.2, -0.15) is 0 Å². The molecular weight excluding hydrogens is 488 g/mol. The van der Waals surface area contributed by atoms with Gasteiger partial charge in [-0.05, 0) is 66.8 Å². The van der Waals surface area contributed by atoms with Crippen LogP contribution in [0.3, 0.4) is 0 Å². The molecule has 38 heavy (non-hydrogen) atoms. The zero-order chi connectivity index (χ0) is 27.9. The molecule has 1 aliphatic rings. The van der Waals surface area contributed by atoms with Crippen LogP contribution in [0.2, 0.25) is 0 Å². The summed E-state index contributed by atoms with van der Waals surface area (Å²) in [7, 11) is 0. The molecule has 1 aliphatic carbocycles. The van der Waals surface area contributed by atoms with Crippen molar-refractivity contribution in [2.24, 2.45) is 0 Å². The summed E-state index contributed by atoms with van der Waals surface area (Å²) in [5.41, 5.74) is 6.24. The van der Waals surface area contributed by atoms with Crippen molar-refractivity contribution in [2.75, 3.05) is 13.2 Å². The zero-order valence-corrected chi connectivity index (χ0v) is 23.0. The molecule has 0 heterocycles. The standard InChI is InChI=1S/C30H41F2N3O3/c1-6-38-35-26-10-12-30(13-11-26,23-9-7-8-22(17-23)29(3,4)5)33-19-28(37)27(34-20(2)36)16-21-14-24(31)18-25(32)15-21/h7-10,14-15,17-18,27-28,33,35,37H,6,11-13,16,19H2,1-5H3,(H,34,36). The first-order valence-electron chi connectivity index (χ1n) is 13.2. The van der Waals surface area contributed by atoms with Crippen molar-refractivity contribution in [3.05, 3.63) is 82.6 Å². The van der Waals surface area contributed by atoms with Gasteiger partial charge in [0, 0.05) is 30.8 Å². The molecule has 0 radical (unpaired) electrons. The Labute approximate surface area is 224 Å². The summed E-state index contributed by atoms with van der Waals surface area (Å²) in [6.45, 7) is 10.5. The lowest BCUT2D eigenvalue weighted by Gasteiger charge is -2.40. The highest BCUT2D eigenvalue weighted by molar-refractivity contribution is 5.73. The fourth-order valence-electron chi connectivity index (χ4n) is 4.88. The SMILES string of the molecule is CCONC1=CCC(NCC(O)C(Cc2cc(F)cc(F)c2)NC(C)=O)(c2cccc(C(C)(C)C)c2)CC1. The van der Waals surface area contributed by atoms with Crippen LogP contribution in [0.4, 0.5) is 8.78 Å². The van der Waals surface area contributed by atoms with Crippen LogP contribution in [-0.2, 0) is 27.0 Å². The van der Waals surface area contributed by atoms with Gasteiger partial charge in [0.15, 0.2) is 0 Å². The first kappa shape index (κ1) is 29.7. The maximum atomic E-state index is 13.8. The van der Waals surface area contributed by atoms with E-state index in [0.29, 0.717) is 18.6 Å². The van der Waals surface area contributed by atoms with Gasteiger partial charge in [0.2, 0.25) is 5.91 Å². The molecule has 4 N–H and O–H groups in total. The molecule has 0 aromatic heterocycles. The number of carbonyl (C=O) groups is 1. The van der Waals surface area contributed by atoms with Gasteiger partial charge in [0.1, 0.15) is 11.6 Å². The molecule has 0 spiro atoms. The summed E-state index contributed by atoms with van der Waals surface area (Å²) in [6, 6.07) is 11.0. The quantitative estimate of drug-likeness (QED) is 0.316. The van der Waals surface area contributed by atoms with Crippen LogP contribution in [0.25, 0.3) is 0 Å². The van der Waals surface area contributed by atoms with Gasteiger partial charge in [-0.3, -0.25) is 15.1 Å². The zero-order valence-electron chi connectivity index (χ0n) is 23.0. The van der Waals surface area contributed by atoms with Crippen LogP contribution in [0.1, 0.15) is 70.6 Å². The number of carbonyl (C=O) groups excluding carboxylic acids is 1. The maximum absolute atomic E-state index is 13.8. The van der Waals surface area contributed by atoms with Gasteiger partial charge in [-0.25, -0.2) is 8.78 Å². The van der Waals surface area contributed by atoms with Gasteiger partial charge < -0.3 is 15.7 Å². The van der Waals surface area contributed by atoms with Crippen LogP contribution in [-0.4, -0.2) is 36.3 Å². The van der Waals surface area contributed by atoms with Crippen molar-refractivity contribution >= 4 is 5.91 Å². The average molecular weight is 530 g/mol. The lowest BCUT2D eigenvalue weighted by Crippen LogP contribution is -2.53. The van der Waals surface area contributed by atoms with Gasteiger partial charge >= 0.3 is 0 Å². The minimum atomic E-state index is -1.00. The normalized spacial score (nSPS) is 19.4. The Morgan fingerprint density at radius 2 is 1.87 bits per heavy atom.